The Morgan fingerprint density at radius 2 is 2.00 bits per heavy atom. The van der Waals surface area contributed by atoms with Gasteiger partial charge < -0.3 is 5.11 Å². The van der Waals surface area contributed by atoms with E-state index in [1.165, 1.54) is 0 Å². The molecule has 2 atom stereocenters. The summed E-state index contributed by atoms with van der Waals surface area (Å²) >= 11 is 4.19. The lowest BCUT2D eigenvalue weighted by Crippen LogP contribution is -2.63. The molecule has 0 aromatic carbocycles. The van der Waals surface area contributed by atoms with Crippen molar-refractivity contribution in [1.29, 1.82) is 0 Å². The van der Waals surface area contributed by atoms with Gasteiger partial charge in [-0.1, -0.05) is 0 Å². The Morgan fingerprint density at radius 1 is 1.47 bits per heavy atom. The Morgan fingerprint density at radius 3 is 2.27 bits per heavy atom. The van der Waals surface area contributed by atoms with Crippen molar-refractivity contribution in [3.63, 3.8) is 0 Å². The molecule has 0 radical (unpaired) electrons. The zero-order chi connectivity index (χ0) is 11.9. The summed E-state index contributed by atoms with van der Waals surface area (Å²) in [6.07, 6.45) is 0.512. The largest absolute Gasteiger partial charge is 0.521 e. The number of quaternary nitrogens is 1. The molecule has 15 heavy (non-hydrogen) atoms. The lowest BCUT2D eigenvalue weighted by molar-refractivity contribution is -0.793. The molecular formula is C10H18NO3S+. The minimum atomic E-state index is -1.05. The summed E-state index contributed by atoms with van der Waals surface area (Å²) in [5.74, 6) is -0.316. The van der Waals surface area contributed by atoms with E-state index in [1.807, 2.05) is 6.92 Å². The predicted octanol–water partition coefficient (Wildman–Crippen LogP) is 1.90. The van der Waals surface area contributed by atoms with Crippen LogP contribution >= 0.6 is 12.6 Å². The number of rotatable bonds is 1. The van der Waals surface area contributed by atoms with Gasteiger partial charge in [0, 0.05) is 12.8 Å². The van der Waals surface area contributed by atoms with Crippen LogP contribution in [0.25, 0.3) is 0 Å². The lowest BCUT2D eigenvalue weighted by atomic mass is 10.1. The molecule has 1 heterocycles. The summed E-state index contributed by atoms with van der Waals surface area (Å²) < 4.78 is -1.37. The fraction of sp³-hybridized carbons (Fsp3) is 0.800. The Kier molecular flexibility index (Phi) is 3.16. The topological polar surface area (TPSA) is 54.4 Å². The van der Waals surface area contributed by atoms with Gasteiger partial charge in [0.1, 0.15) is 10.8 Å². The second kappa shape index (κ2) is 3.79. The first-order valence-corrected chi connectivity index (χ1v) is 5.56. The fourth-order valence-electron chi connectivity index (χ4n) is 2.24. The van der Waals surface area contributed by atoms with Crippen molar-refractivity contribution in [1.82, 2.24) is 0 Å². The lowest BCUT2D eigenvalue weighted by Gasteiger charge is -2.33. The SMILES string of the molecule is C[C@@H]1CCC[N+]1(C(=O)O)C(=O)C(C)(C)S. The van der Waals surface area contributed by atoms with Gasteiger partial charge in [-0.25, -0.2) is 4.79 Å². The molecule has 1 rings (SSSR count). The van der Waals surface area contributed by atoms with E-state index in [0.29, 0.717) is 6.54 Å². The zero-order valence-corrected chi connectivity index (χ0v) is 10.3. The van der Waals surface area contributed by atoms with Gasteiger partial charge in [0.25, 0.3) is 0 Å². The highest BCUT2D eigenvalue weighted by molar-refractivity contribution is 7.82. The normalized spacial score (nSPS) is 31.6. The minimum absolute atomic E-state index is 0.151. The molecule has 1 unspecified atom stereocenters. The third-order valence-corrected chi connectivity index (χ3v) is 3.30. The molecule has 0 aliphatic carbocycles. The van der Waals surface area contributed by atoms with Crippen molar-refractivity contribution in [2.45, 2.75) is 44.4 Å². The third kappa shape index (κ3) is 1.90. The second-order valence-electron chi connectivity index (χ2n) is 4.73. The number of carboxylic acid groups (broad SMARTS) is 1. The Balaban J connectivity index is 3.14. The highest BCUT2D eigenvalue weighted by atomic mass is 32.1. The van der Waals surface area contributed by atoms with Gasteiger partial charge in [-0.15, -0.1) is 0 Å². The summed E-state index contributed by atoms with van der Waals surface area (Å²) in [7, 11) is 0. The number of imide groups is 1. The molecule has 0 bridgehead atoms. The van der Waals surface area contributed by atoms with E-state index in [0.717, 1.165) is 12.8 Å². The molecule has 1 aliphatic heterocycles. The van der Waals surface area contributed by atoms with Crippen LogP contribution in [-0.4, -0.2) is 38.9 Å². The standard InChI is InChI=1S/C10H17NO3S/c1-7-5-4-6-11(7,9(13)14)8(12)10(2,3)15/h7H,4-6H2,1-3H3,(H-,13,14,15)/p+1/t7-,11?/m1/s1. The molecule has 86 valence electrons. The van der Waals surface area contributed by atoms with Gasteiger partial charge in [-0.2, -0.15) is 21.9 Å². The number of likely N-dealkylation sites (tertiary alicyclic amines) is 1. The van der Waals surface area contributed by atoms with Gasteiger partial charge in [-0.3, -0.25) is 0 Å². The van der Waals surface area contributed by atoms with Crippen molar-refractivity contribution in [2.75, 3.05) is 6.54 Å². The zero-order valence-electron chi connectivity index (χ0n) is 9.36. The van der Waals surface area contributed by atoms with Crippen LogP contribution in [0.1, 0.15) is 33.6 Å². The highest BCUT2D eigenvalue weighted by Gasteiger charge is 2.56. The first-order chi connectivity index (χ1) is 6.73. The quantitative estimate of drug-likeness (QED) is 0.536. The molecule has 1 N–H and O–H groups in total. The van der Waals surface area contributed by atoms with Crippen molar-refractivity contribution in [3.8, 4) is 0 Å². The van der Waals surface area contributed by atoms with Crippen LogP contribution in [0.5, 0.6) is 0 Å². The molecule has 0 aromatic heterocycles. The molecule has 5 heteroatoms. The van der Waals surface area contributed by atoms with Crippen LogP contribution in [0.2, 0.25) is 0 Å². The van der Waals surface area contributed by atoms with Crippen LogP contribution in [0.4, 0.5) is 4.79 Å². The minimum Gasteiger partial charge on any atom is -0.435 e. The van der Waals surface area contributed by atoms with Gasteiger partial charge in [0.2, 0.25) is 0 Å². The van der Waals surface area contributed by atoms with Crippen LogP contribution < -0.4 is 0 Å². The Labute approximate surface area is 95.3 Å². The van der Waals surface area contributed by atoms with Crippen LogP contribution in [-0.2, 0) is 4.79 Å². The summed E-state index contributed by atoms with van der Waals surface area (Å²) in [5.41, 5.74) is 0. The first-order valence-electron chi connectivity index (χ1n) is 5.11. The summed E-state index contributed by atoms with van der Waals surface area (Å²) in [6, 6.07) is -0.151. The fourth-order valence-corrected chi connectivity index (χ4v) is 2.42. The molecular weight excluding hydrogens is 214 g/mol. The Hall–Kier alpha value is -0.550. The van der Waals surface area contributed by atoms with Crippen molar-refractivity contribution < 1.29 is 19.2 Å². The van der Waals surface area contributed by atoms with Gasteiger partial charge in [0.05, 0.1) is 6.54 Å². The van der Waals surface area contributed by atoms with Crippen molar-refractivity contribution in [2.24, 2.45) is 0 Å². The second-order valence-corrected chi connectivity index (χ2v) is 5.85. The van der Waals surface area contributed by atoms with Crippen molar-refractivity contribution in [3.05, 3.63) is 0 Å². The van der Waals surface area contributed by atoms with Crippen LogP contribution in [0, 0.1) is 0 Å². The number of hydrogen-bond acceptors (Lipinski definition) is 3. The molecule has 0 saturated carbocycles. The summed E-state index contributed by atoms with van der Waals surface area (Å²) in [5, 5.41) is 9.29. The number of nitrogens with zero attached hydrogens (tertiary/aromatic N) is 1. The maximum Gasteiger partial charge on any atom is 0.521 e. The smallest absolute Gasteiger partial charge is 0.435 e. The molecule has 0 aromatic rings. The van der Waals surface area contributed by atoms with E-state index in [1.54, 1.807) is 13.8 Å². The number of thiol groups is 1. The molecule has 2 amide bonds. The van der Waals surface area contributed by atoms with Gasteiger partial charge >= 0.3 is 12.0 Å². The highest BCUT2D eigenvalue weighted by Crippen LogP contribution is 2.32. The monoisotopic (exact) mass is 232 g/mol. The van der Waals surface area contributed by atoms with E-state index in [9.17, 15) is 14.7 Å². The number of carbonyl (C=O) groups is 2. The maximum atomic E-state index is 12.2. The molecule has 0 spiro atoms. The van der Waals surface area contributed by atoms with E-state index < -0.39 is 15.3 Å². The van der Waals surface area contributed by atoms with Gasteiger partial charge in [0.15, 0.2) is 0 Å². The van der Waals surface area contributed by atoms with Crippen LogP contribution in [0.3, 0.4) is 0 Å². The van der Waals surface area contributed by atoms with E-state index >= 15 is 0 Å². The number of hydrogen-bond donors (Lipinski definition) is 2. The average Bonchev–Trinajstić information content (AvgIpc) is 2.45. The third-order valence-electron chi connectivity index (χ3n) is 3.11. The predicted molar refractivity (Wildman–Crippen MR) is 59.9 cm³/mol. The van der Waals surface area contributed by atoms with Crippen molar-refractivity contribution >= 4 is 24.6 Å². The molecule has 1 fully saturated rings. The Bertz CT molecular complexity index is 298. The van der Waals surface area contributed by atoms with E-state index in [2.05, 4.69) is 12.6 Å². The number of carbonyl (C=O) groups excluding carboxylic acids is 1. The average molecular weight is 232 g/mol. The van der Waals surface area contributed by atoms with E-state index in [4.69, 9.17) is 0 Å². The number of amides is 2. The maximum absolute atomic E-state index is 12.2. The summed E-state index contributed by atoms with van der Waals surface area (Å²) in [4.78, 5) is 23.5. The van der Waals surface area contributed by atoms with E-state index in [-0.39, 0.29) is 11.9 Å². The van der Waals surface area contributed by atoms with Gasteiger partial charge in [-0.05, 0) is 20.8 Å². The first kappa shape index (κ1) is 12.5. The molecule has 1 saturated heterocycles. The molecule has 1 aliphatic rings. The molecule has 4 nitrogen and oxygen atoms in total. The van der Waals surface area contributed by atoms with Crippen LogP contribution in [0.15, 0.2) is 0 Å². The summed E-state index contributed by atoms with van der Waals surface area (Å²) in [6.45, 7) is 5.50.